The second kappa shape index (κ2) is 13.6. The molecule has 2 aromatic rings. The van der Waals surface area contributed by atoms with Gasteiger partial charge in [0.15, 0.2) is 11.5 Å². The zero-order valence-electron chi connectivity index (χ0n) is 23.8. The topological polar surface area (TPSA) is 77.5 Å². The lowest BCUT2D eigenvalue weighted by atomic mass is 9.97. The Hall–Kier alpha value is -3.42. The fourth-order valence-electron chi connectivity index (χ4n) is 5.47. The molecule has 2 aromatic carbocycles. The van der Waals surface area contributed by atoms with Crippen molar-refractivity contribution in [2.45, 2.75) is 78.3 Å². The molecule has 0 saturated heterocycles. The summed E-state index contributed by atoms with van der Waals surface area (Å²) in [6.07, 6.45) is 8.38. The average Bonchev–Trinajstić information content (AvgIpc) is 2.95. The van der Waals surface area contributed by atoms with E-state index in [1.54, 1.807) is 26.4 Å². The fourth-order valence-corrected chi connectivity index (χ4v) is 5.47. The number of benzene rings is 2. The quantitative estimate of drug-likeness (QED) is 0.200. The SMILES string of the molecule is CCCCCCOC(=O)c1ccc2c(c1OC)N1Cc3ccc(C(=O)OCCCCCC)c(OC)c3N(C2)C1. The molecule has 8 heteroatoms. The van der Waals surface area contributed by atoms with E-state index < -0.39 is 0 Å². The molecule has 0 N–H and O–H groups in total. The number of ether oxygens (including phenoxy) is 4. The number of unbranched alkanes of at least 4 members (excludes halogenated alkanes) is 6. The molecule has 2 heterocycles. The summed E-state index contributed by atoms with van der Waals surface area (Å²) in [5, 5.41) is 0. The van der Waals surface area contributed by atoms with E-state index in [9.17, 15) is 9.59 Å². The molecule has 0 atom stereocenters. The Morgan fingerprint density at radius 1 is 0.667 bits per heavy atom. The highest BCUT2D eigenvalue weighted by atomic mass is 16.5. The van der Waals surface area contributed by atoms with E-state index in [2.05, 4.69) is 23.6 Å². The molecule has 2 aliphatic rings. The van der Waals surface area contributed by atoms with Crippen molar-refractivity contribution in [1.29, 1.82) is 0 Å². The van der Waals surface area contributed by atoms with Crippen molar-refractivity contribution in [2.24, 2.45) is 0 Å². The van der Waals surface area contributed by atoms with E-state index in [1.165, 1.54) is 0 Å². The number of esters is 2. The zero-order valence-corrected chi connectivity index (χ0v) is 23.8. The third-order valence-corrected chi connectivity index (χ3v) is 7.44. The third-order valence-electron chi connectivity index (χ3n) is 7.44. The Balaban J connectivity index is 1.54. The Morgan fingerprint density at radius 3 is 1.49 bits per heavy atom. The number of nitrogens with zero attached hydrogens (tertiary/aromatic N) is 2. The zero-order chi connectivity index (χ0) is 27.8. The monoisotopic (exact) mass is 538 g/mol. The van der Waals surface area contributed by atoms with Gasteiger partial charge >= 0.3 is 11.9 Å². The van der Waals surface area contributed by atoms with Gasteiger partial charge in [-0.25, -0.2) is 9.59 Å². The average molecular weight is 539 g/mol. The Kier molecular flexibility index (Phi) is 9.96. The van der Waals surface area contributed by atoms with Crippen LogP contribution in [0.15, 0.2) is 24.3 Å². The van der Waals surface area contributed by atoms with Gasteiger partial charge in [0.1, 0.15) is 11.1 Å². The maximum atomic E-state index is 12.9. The van der Waals surface area contributed by atoms with Crippen molar-refractivity contribution < 1.29 is 28.5 Å². The van der Waals surface area contributed by atoms with E-state index >= 15 is 0 Å². The van der Waals surface area contributed by atoms with Gasteiger partial charge in [-0.2, -0.15) is 0 Å². The summed E-state index contributed by atoms with van der Waals surface area (Å²) in [5.41, 5.74) is 4.79. The molecular formula is C31H42N2O6. The van der Waals surface area contributed by atoms with Gasteiger partial charge in [0.25, 0.3) is 0 Å². The van der Waals surface area contributed by atoms with Crippen LogP contribution >= 0.6 is 0 Å². The molecule has 0 saturated carbocycles. The van der Waals surface area contributed by atoms with E-state index in [-0.39, 0.29) is 11.9 Å². The number of methoxy groups -OCH3 is 2. The summed E-state index contributed by atoms with van der Waals surface area (Å²) >= 11 is 0. The van der Waals surface area contributed by atoms with Gasteiger partial charge < -0.3 is 28.7 Å². The van der Waals surface area contributed by atoms with Crippen molar-refractivity contribution in [1.82, 2.24) is 0 Å². The molecule has 0 fully saturated rings. The summed E-state index contributed by atoms with van der Waals surface area (Å²) < 4.78 is 22.7. The van der Waals surface area contributed by atoms with Crippen LogP contribution in [0.1, 0.15) is 97.1 Å². The third kappa shape index (κ3) is 6.26. The molecule has 8 nitrogen and oxygen atoms in total. The van der Waals surface area contributed by atoms with Gasteiger partial charge in [-0.05, 0) is 36.1 Å². The second-order valence-electron chi connectivity index (χ2n) is 10.2. The van der Waals surface area contributed by atoms with Crippen LogP contribution in [-0.2, 0) is 22.6 Å². The number of carbonyl (C=O) groups excluding carboxylic acids is 2. The van der Waals surface area contributed by atoms with Crippen LogP contribution in [0.3, 0.4) is 0 Å². The molecule has 39 heavy (non-hydrogen) atoms. The predicted molar refractivity (Wildman–Crippen MR) is 152 cm³/mol. The van der Waals surface area contributed by atoms with Crippen LogP contribution in [-0.4, -0.2) is 46.0 Å². The number of hydrogen-bond donors (Lipinski definition) is 0. The minimum atomic E-state index is -0.356. The lowest BCUT2D eigenvalue weighted by Crippen LogP contribution is -2.46. The standard InChI is InChI=1S/C31H42N2O6/c1-5-7-9-11-17-38-30(34)24-15-13-22-19-33-21-32(26(22)28(24)36-3)20-23-14-16-25(29(37-4)27(23)33)31(35)39-18-12-10-8-6-2/h13-16H,5-12,17-21H2,1-4H3. The van der Waals surface area contributed by atoms with Crippen LogP contribution in [0.25, 0.3) is 0 Å². The summed E-state index contributed by atoms with van der Waals surface area (Å²) in [6.45, 7) is 6.89. The van der Waals surface area contributed by atoms with E-state index in [0.29, 0.717) is 55.6 Å². The van der Waals surface area contributed by atoms with Gasteiger partial charge in [-0.15, -0.1) is 0 Å². The normalized spacial score (nSPS) is 13.4. The molecule has 2 aliphatic heterocycles. The maximum Gasteiger partial charge on any atom is 0.342 e. The summed E-state index contributed by atoms with van der Waals surface area (Å²) in [6, 6.07) is 7.52. The molecule has 0 spiro atoms. The Labute approximate surface area is 232 Å². The first-order chi connectivity index (χ1) is 19.0. The highest BCUT2D eigenvalue weighted by Crippen LogP contribution is 2.48. The van der Waals surface area contributed by atoms with Gasteiger partial charge in [0, 0.05) is 13.1 Å². The molecule has 2 bridgehead atoms. The number of hydrogen-bond acceptors (Lipinski definition) is 8. The highest BCUT2D eigenvalue weighted by Gasteiger charge is 2.36. The predicted octanol–water partition coefficient (Wildman–Crippen LogP) is 6.48. The first kappa shape index (κ1) is 28.6. The van der Waals surface area contributed by atoms with Gasteiger partial charge in [-0.3, -0.25) is 0 Å². The highest BCUT2D eigenvalue weighted by molar-refractivity contribution is 5.97. The number of anilines is 2. The largest absolute Gasteiger partial charge is 0.494 e. The van der Waals surface area contributed by atoms with Crippen LogP contribution in [0.2, 0.25) is 0 Å². The van der Waals surface area contributed by atoms with Crippen molar-refractivity contribution in [3.05, 3.63) is 46.5 Å². The van der Waals surface area contributed by atoms with Gasteiger partial charge in [-0.1, -0.05) is 64.5 Å². The molecule has 0 unspecified atom stereocenters. The number of fused-ring (bicyclic) bond motifs is 6. The lowest BCUT2D eigenvalue weighted by molar-refractivity contribution is 0.0485. The smallest absolute Gasteiger partial charge is 0.342 e. The van der Waals surface area contributed by atoms with Gasteiger partial charge in [0.2, 0.25) is 0 Å². The first-order valence-corrected chi connectivity index (χ1v) is 14.3. The minimum Gasteiger partial charge on any atom is -0.494 e. The van der Waals surface area contributed by atoms with E-state index in [4.69, 9.17) is 18.9 Å². The van der Waals surface area contributed by atoms with Crippen molar-refractivity contribution in [2.75, 3.05) is 43.9 Å². The van der Waals surface area contributed by atoms with Crippen LogP contribution < -0.4 is 19.3 Å². The number of carbonyl (C=O) groups is 2. The van der Waals surface area contributed by atoms with Crippen molar-refractivity contribution in [3.8, 4) is 11.5 Å². The lowest BCUT2D eigenvalue weighted by Gasteiger charge is -2.45. The Bertz CT molecular complexity index is 1070. The second-order valence-corrected chi connectivity index (χ2v) is 10.2. The van der Waals surface area contributed by atoms with Crippen LogP contribution in [0.5, 0.6) is 11.5 Å². The first-order valence-electron chi connectivity index (χ1n) is 14.3. The maximum absolute atomic E-state index is 12.9. The fraction of sp³-hybridized carbons (Fsp3) is 0.548. The molecule has 0 amide bonds. The minimum absolute atomic E-state index is 0.356. The summed E-state index contributed by atoms with van der Waals surface area (Å²) in [7, 11) is 3.20. The summed E-state index contributed by atoms with van der Waals surface area (Å²) in [5.74, 6) is 0.379. The van der Waals surface area contributed by atoms with E-state index in [0.717, 1.165) is 73.9 Å². The van der Waals surface area contributed by atoms with Crippen molar-refractivity contribution >= 4 is 23.3 Å². The van der Waals surface area contributed by atoms with Crippen LogP contribution in [0, 0.1) is 0 Å². The molecular weight excluding hydrogens is 496 g/mol. The molecule has 0 aromatic heterocycles. The Morgan fingerprint density at radius 2 is 1.10 bits per heavy atom. The van der Waals surface area contributed by atoms with Crippen LogP contribution in [0.4, 0.5) is 11.4 Å². The van der Waals surface area contributed by atoms with Gasteiger partial charge in [0.05, 0.1) is 45.5 Å². The molecule has 0 radical (unpaired) electrons. The van der Waals surface area contributed by atoms with E-state index in [1.807, 2.05) is 12.1 Å². The summed E-state index contributed by atoms with van der Waals surface area (Å²) in [4.78, 5) is 30.3. The molecule has 4 rings (SSSR count). The molecule has 212 valence electrons. The van der Waals surface area contributed by atoms with Crippen molar-refractivity contribution in [3.63, 3.8) is 0 Å². The molecule has 0 aliphatic carbocycles. The number of rotatable bonds is 14.